The largest absolute Gasteiger partial charge is 0.448 e. The lowest BCUT2D eigenvalue weighted by atomic mass is 9.87. The second-order valence-corrected chi connectivity index (χ2v) is 4.29. The number of esters is 1. The van der Waals surface area contributed by atoms with Crippen LogP contribution in [0.25, 0.3) is 0 Å². The minimum Gasteiger partial charge on any atom is -0.448 e. The van der Waals surface area contributed by atoms with Crippen molar-refractivity contribution in [3.05, 3.63) is 34.9 Å². The van der Waals surface area contributed by atoms with Crippen LogP contribution in [0, 0.1) is 0 Å². The first-order valence-electron chi connectivity index (χ1n) is 5.40. The molecular weight excluding hydrogens is 204 g/mol. The standard InChI is InChI=1S/C13H14O3/c1-3-9-5-4-6-10-11(9)7-13(2,8-14)16-12(10)15/h4-6,8H,3,7H2,1-2H3. The van der Waals surface area contributed by atoms with Gasteiger partial charge in [-0.15, -0.1) is 0 Å². The van der Waals surface area contributed by atoms with Crippen molar-refractivity contribution in [1.82, 2.24) is 0 Å². The molecule has 1 aromatic rings. The summed E-state index contributed by atoms with van der Waals surface area (Å²) in [5.41, 5.74) is 1.66. The van der Waals surface area contributed by atoms with E-state index in [0.717, 1.165) is 17.5 Å². The Balaban J connectivity index is 2.55. The maximum atomic E-state index is 11.7. The molecule has 0 saturated heterocycles. The second kappa shape index (κ2) is 3.74. The van der Waals surface area contributed by atoms with Gasteiger partial charge in [-0.3, -0.25) is 4.79 Å². The van der Waals surface area contributed by atoms with E-state index in [0.29, 0.717) is 18.3 Å². The molecule has 0 saturated carbocycles. The third-order valence-electron chi connectivity index (χ3n) is 2.98. The van der Waals surface area contributed by atoms with Gasteiger partial charge in [-0.1, -0.05) is 19.1 Å². The minimum atomic E-state index is -1.00. The molecule has 1 atom stereocenters. The first-order valence-corrected chi connectivity index (χ1v) is 5.40. The maximum absolute atomic E-state index is 11.7. The van der Waals surface area contributed by atoms with Gasteiger partial charge in [0.2, 0.25) is 0 Å². The Bertz CT molecular complexity index is 450. The van der Waals surface area contributed by atoms with Crippen molar-refractivity contribution in [1.29, 1.82) is 0 Å². The quantitative estimate of drug-likeness (QED) is 0.562. The molecule has 1 aliphatic heterocycles. The molecule has 0 spiro atoms. The van der Waals surface area contributed by atoms with Crippen molar-refractivity contribution in [3.8, 4) is 0 Å². The summed E-state index contributed by atoms with van der Waals surface area (Å²) >= 11 is 0. The average molecular weight is 218 g/mol. The van der Waals surface area contributed by atoms with E-state index in [1.807, 2.05) is 19.1 Å². The summed E-state index contributed by atoms with van der Waals surface area (Å²) in [7, 11) is 0. The van der Waals surface area contributed by atoms with E-state index >= 15 is 0 Å². The summed E-state index contributed by atoms with van der Waals surface area (Å²) in [6.45, 7) is 3.68. The molecule has 0 radical (unpaired) electrons. The zero-order valence-electron chi connectivity index (χ0n) is 9.45. The average Bonchev–Trinajstić information content (AvgIpc) is 2.28. The van der Waals surface area contributed by atoms with Gasteiger partial charge in [0.15, 0.2) is 11.9 Å². The molecule has 3 nitrogen and oxygen atoms in total. The van der Waals surface area contributed by atoms with Crippen LogP contribution in [0.3, 0.4) is 0 Å². The molecule has 0 N–H and O–H groups in total. The Morgan fingerprint density at radius 2 is 2.25 bits per heavy atom. The van der Waals surface area contributed by atoms with E-state index in [4.69, 9.17) is 4.74 Å². The molecule has 84 valence electrons. The van der Waals surface area contributed by atoms with E-state index in [-0.39, 0.29) is 0 Å². The minimum absolute atomic E-state index is 0.397. The molecule has 2 rings (SSSR count). The number of ether oxygens (including phenoxy) is 1. The molecule has 3 heteroatoms. The smallest absolute Gasteiger partial charge is 0.339 e. The van der Waals surface area contributed by atoms with E-state index in [2.05, 4.69) is 0 Å². The number of carbonyl (C=O) groups is 2. The molecule has 1 unspecified atom stereocenters. The first-order chi connectivity index (χ1) is 7.59. The van der Waals surface area contributed by atoms with Crippen molar-refractivity contribution in [3.63, 3.8) is 0 Å². The summed E-state index contributed by atoms with van der Waals surface area (Å²) in [5, 5.41) is 0. The Morgan fingerprint density at radius 1 is 1.50 bits per heavy atom. The van der Waals surface area contributed by atoms with Crippen molar-refractivity contribution in [2.75, 3.05) is 0 Å². The molecule has 1 aliphatic rings. The number of hydrogen-bond donors (Lipinski definition) is 0. The van der Waals surface area contributed by atoms with Crippen LogP contribution in [0.2, 0.25) is 0 Å². The van der Waals surface area contributed by atoms with Gasteiger partial charge in [-0.2, -0.15) is 0 Å². The van der Waals surface area contributed by atoms with Gasteiger partial charge in [0.25, 0.3) is 0 Å². The predicted molar refractivity (Wildman–Crippen MR) is 59.4 cm³/mol. The number of rotatable bonds is 2. The second-order valence-electron chi connectivity index (χ2n) is 4.29. The zero-order valence-corrected chi connectivity index (χ0v) is 9.45. The first kappa shape index (κ1) is 10.9. The van der Waals surface area contributed by atoms with E-state index in [1.165, 1.54) is 0 Å². The molecule has 0 aromatic heterocycles. The number of carbonyl (C=O) groups excluding carboxylic acids is 2. The van der Waals surface area contributed by atoms with Crippen molar-refractivity contribution >= 4 is 12.3 Å². The highest BCUT2D eigenvalue weighted by molar-refractivity contribution is 5.94. The van der Waals surface area contributed by atoms with Crippen LogP contribution in [0.5, 0.6) is 0 Å². The van der Waals surface area contributed by atoms with Crippen LogP contribution >= 0.6 is 0 Å². The Morgan fingerprint density at radius 3 is 2.88 bits per heavy atom. The van der Waals surface area contributed by atoms with Crippen molar-refractivity contribution in [2.24, 2.45) is 0 Å². The predicted octanol–water partition coefficient (Wildman–Crippen LogP) is 1.92. The van der Waals surface area contributed by atoms with Crippen LogP contribution in [0.4, 0.5) is 0 Å². The topological polar surface area (TPSA) is 43.4 Å². The number of cyclic esters (lactones) is 1. The monoisotopic (exact) mass is 218 g/mol. The number of hydrogen-bond acceptors (Lipinski definition) is 3. The van der Waals surface area contributed by atoms with Gasteiger partial charge in [-0.25, -0.2) is 4.79 Å². The Kier molecular flexibility index (Phi) is 2.54. The van der Waals surface area contributed by atoms with Crippen LogP contribution in [-0.2, 0) is 22.4 Å². The lowest BCUT2D eigenvalue weighted by Gasteiger charge is -2.30. The summed E-state index contributed by atoms with van der Waals surface area (Å²) in [6.07, 6.45) is 2.03. The fraction of sp³-hybridized carbons (Fsp3) is 0.385. The molecule has 0 aliphatic carbocycles. The molecule has 0 fully saturated rings. The van der Waals surface area contributed by atoms with Crippen LogP contribution in [0.1, 0.15) is 35.3 Å². The number of aryl methyl sites for hydroxylation is 1. The van der Waals surface area contributed by atoms with Crippen molar-refractivity contribution in [2.45, 2.75) is 32.3 Å². The molecule has 1 aromatic carbocycles. The molecular formula is C13H14O3. The highest BCUT2D eigenvalue weighted by Gasteiger charge is 2.36. The van der Waals surface area contributed by atoms with Gasteiger partial charge in [-0.05, 0) is 30.5 Å². The summed E-state index contributed by atoms with van der Waals surface area (Å²) in [4.78, 5) is 22.7. The fourth-order valence-corrected chi connectivity index (χ4v) is 2.09. The van der Waals surface area contributed by atoms with Crippen molar-refractivity contribution < 1.29 is 14.3 Å². The number of benzene rings is 1. The van der Waals surface area contributed by atoms with E-state index in [1.54, 1.807) is 13.0 Å². The van der Waals surface area contributed by atoms with Gasteiger partial charge < -0.3 is 4.74 Å². The summed E-state index contributed by atoms with van der Waals surface area (Å²) < 4.78 is 5.14. The molecule has 0 amide bonds. The van der Waals surface area contributed by atoms with Gasteiger partial charge in [0, 0.05) is 6.42 Å². The number of fused-ring (bicyclic) bond motifs is 1. The normalized spacial score (nSPS) is 23.5. The summed E-state index contributed by atoms with van der Waals surface area (Å²) in [5.74, 6) is -0.397. The van der Waals surface area contributed by atoms with E-state index < -0.39 is 11.6 Å². The van der Waals surface area contributed by atoms with Crippen LogP contribution < -0.4 is 0 Å². The summed E-state index contributed by atoms with van der Waals surface area (Å²) in [6, 6.07) is 5.59. The highest BCUT2D eigenvalue weighted by Crippen LogP contribution is 2.29. The fourth-order valence-electron chi connectivity index (χ4n) is 2.09. The van der Waals surface area contributed by atoms with Crippen LogP contribution in [0.15, 0.2) is 18.2 Å². The number of aldehydes is 1. The third-order valence-corrected chi connectivity index (χ3v) is 2.98. The highest BCUT2D eigenvalue weighted by atomic mass is 16.6. The van der Waals surface area contributed by atoms with E-state index in [9.17, 15) is 9.59 Å². The van der Waals surface area contributed by atoms with Crippen LogP contribution in [-0.4, -0.2) is 17.9 Å². The molecule has 0 bridgehead atoms. The maximum Gasteiger partial charge on any atom is 0.339 e. The molecule has 16 heavy (non-hydrogen) atoms. The Labute approximate surface area is 94.4 Å². The van der Waals surface area contributed by atoms with Gasteiger partial charge in [0.1, 0.15) is 0 Å². The lowest BCUT2D eigenvalue weighted by Crippen LogP contribution is -2.40. The SMILES string of the molecule is CCc1cccc2c1CC(C)(C=O)OC2=O. The Hall–Kier alpha value is -1.64. The third kappa shape index (κ3) is 1.62. The molecule has 1 heterocycles. The zero-order chi connectivity index (χ0) is 11.8. The van der Waals surface area contributed by atoms with Gasteiger partial charge >= 0.3 is 5.97 Å². The van der Waals surface area contributed by atoms with Gasteiger partial charge in [0.05, 0.1) is 5.56 Å². The lowest BCUT2D eigenvalue weighted by molar-refractivity contribution is -0.124.